The van der Waals surface area contributed by atoms with E-state index in [4.69, 9.17) is 0 Å². The smallest absolute Gasteiger partial charge is 0.404 e. The summed E-state index contributed by atoms with van der Waals surface area (Å²) in [5.41, 5.74) is 9.31. The van der Waals surface area contributed by atoms with E-state index in [-0.39, 0.29) is 13.2 Å². The third-order valence-electron chi connectivity index (χ3n) is 0.810. The number of carbonyl (C=O) groups is 2. The molecule has 0 aromatic rings. The summed E-state index contributed by atoms with van der Waals surface area (Å²) in [4.78, 5) is 20.0. The Hall–Kier alpha value is -1.72. The predicted octanol–water partition coefficient (Wildman–Crippen LogP) is -0.267. The van der Waals surface area contributed by atoms with E-state index < -0.39 is 12.2 Å². The van der Waals surface area contributed by atoms with Crippen molar-refractivity contribution in [3.05, 3.63) is 12.2 Å². The van der Waals surface area contributed by atoms with Crippen LogP contribution in [0.25, 0.3) is 0 Å². The van der Waals surface area contributed by atoms with Gasteiger partial charge in [0.25, 0.3) is 0 Å². The fourth-order valence-electron chi connectivity index (χ4n) is 0.397. The number of rotatable bonds is 4. The number of ether oxygens (including phenoxy) is 2. The van der Waals surface area contributed by atoms with Crippen molar-refractivity contribution in [2.24, 2.45) is 11.5 Å². The minimum absolute atomic E-state index is 0.0530. The number of hydrogen-bond donors (Lipinski definition) is 2. The first-order valence-corrected chi connectivity index (χ1v) is 3.12. The van der Waals surface area contributed by atoms with Gasteiger partial charge >= 0.3 is 12.2 Å². The quantitative estimate of drug-likeness (QED) is 0.572. The molecular weight excluding hydrogens is 164 g/mol. The number of primary amides is 2. The van der Waals surface area contributed by atoms with Gasteiger partial charge < -0.3 is 20.9 Å². The van der Waals surface area contributed by atoms with Crippen LogP contribution in [0.3, 0.4) is 0 Å². The van der Waals surface area contributed by atoms with Gasteiger partial charge in [-0.15, -0.1) is 0 Å². The second kappa shape index (κ2) is 6.02. The van der Waals surface area contributed by atoms with Gasteiger partial charge in [-0.25, -0.2) is 9.59 Å². The van der Waals surface area contributed by atoms with Gasteiger partial charge in [0.2, 0.25) is 0 Å². The number of amides is 2. The molecule has 0 unspecified atom stereocenters. The van der Waals surface area contributed by atoms with Gasteiger partial charge in [-0.2, -0.15) is 0 Å². The Morgan fingerprint density at radius 3 is 1.58 bits per heavy atom. The highest BCUT2D eigenvalue weighted by atomic mass is 16.5. The molecule has 0 bridgehead atoms. The van der Waals surface area contributed by atoms with Crippen LogP contribution in [0.4, 0.5) is 9.59 Å². The van der Waals surface area contributed by atoms with Crippen molar-refractivity contribution < 1.29 is 19.1 Å². The van der Waals surface area contributed by atoms with Crippen molar-refractivity contribution in [3.63, 3.8) is 0 Å². The third kappa shape index (κ3) is 8.28. The lowest BCUT2D eigenvalue weighted by Gasteiger charge is -1.95. The number of hydrogen-bond acceptors (Lipinski definition) is 4. The molecule has 4 N–H and O–H groups in total. The van der Waals surface area contributed by atoms with Crippen molar-refractivity contribution in [1.82, 2.24) is 0 Å². The standard InChI is InChI=1S/C6H10N2O4/c7-5(9)11-3-1-2-4-12-6(8)10/h1-2H,3-4H2,(H2,7,9)(H2,8,10). The molecule has 0 saturated heterocycles. The lowest BCUT2D eigenvalue weighted by molar-refractivity contribution is 0.165. The third-order valence-corrected chi connectivity index (χ3v) is 0.810. The minimum atomic E-state index is -0.851. The van der Waals surface area contributed by atoms with Gasteiger partial charge in [0.05, 0.1) is 0 Å². The summed E-state index contributed by atoms with van der Waals surface area (Å²) < 4.78 is 8.66. The maximum Gasteiger partial charge on any atom is 0.404 e. The zero-order chi connectivity index (χ0) is 9.40. The van der Waals surface area contributed by atoms with Crippen molar-refractivity contribution in [2.45, 2.75) is 0 Å². The molecule has 0 aliphatic rings. The summed E-state index contributed by atoms with van der Waals surface area (Å²) in [6.07, 6.45) is 1.26. The lowest BCUT2D eigenvalue weighted by Crippen LogP contribution is -2.13. The van der Waals surface area contributed by atoms with Gasteiger partial charge in [-0.1, -0.05) is 0 Å². The topological polar surface area (TPSA) is 105 Å². The largest absolute Gasteiger partial charge is 0.445 e. The van der Waals surface area contributed by atoms with E-state index in [0.29, 0.717) is 0 Å². The molecule has 0 aliphatic heterocycles. The molecule has 0 heterocycles. The number of nitrogens with two attached hydrogens (primary N) is 2. The molecule has 6 heteroatoms. The summed E-state index contributed by atoms with van der Waals surface area (Å²) in [7, 11) is 0. The van der Waals surface area contributed by atoms with Crippen molar-refractivity contribution in [3.8, 4) is 0 Å². The number of carbonyl (C=O) groups excluding carboxylic acids is 2. The molecule has 0 fully saturated rings. The normalized spacial score (nSPS) is 9.67. The van der Waals surface area contributed by atoms with Crippen molar-refractivity contribution in [2.75, 3.05) is 13.2 Å². The molecule has 12 heavy (non-hydrogen) atoms. The van der Waals surface area contributed by atoms with Crippen LogP contribution in [0.1, 0.15) is 0 Å². The van der Waals surface area contributed by atoms with Gasteiger partial charge in [-0.3, -0.25) is 0 Å². The van der Waals surface area contributed by atoms with E-state index in [1.54, 1.807) is 0 Å². The Labute approximate surface area is 69.1 Å². The van der Waals surface area contributed by atoms with E-state index >= 15 is 0 Å². The monoisotopic (exact) mass is 174 g/mol. The first kappa shape index (κ1) is 10.3. The molecular formula is C6H10N2O4. The Morgan fingerprint density at radius 2 is 1.33 bits per heavy atom. The molecule has 0 atom stereocenters. The first-order chi connectivity index (χ1) is 5.63. The zero-order valence-electron chi connectivity index (χ0n) is 6.36. The molecule has 0 rings (SSSR count). The predicted molar refractivity (Wildman–Crippen MR) is 40.2 cm³/mol. The highest BCUT2D eigenvalue weighted by Crippen LogP contribution is 1.79. The summed E-state index contributed by atoms with van der Waals surface area (Å²) >= 11 is 0. The average molecular weight is 174 g/mol. The highest BCUT2D eigenvalue weighted by molar-refractivity contribution is 5.65. The van der Waals surface area contributed by atoms with Gasteiger partial charge in [0.15, 0.2) is 0 Å². The summed E-state index contributed by atoms with van der Waals surface area (Å²) in [5, 5.41) is 0. The van der Waals surface area contributed by atoms with Crippen LogP contribution >= 0.6 is 0 Å². The van der Waals surface area contributed by atoms with Crippen LogP contribution in [-0.4, -0.2) is 25.4 Å². The molecule has 0 aromatic heterocycles. The van der Waals surface area contributed by atoms with Crippen LogP contribution in [0, 0.1) is 0 Å². The lowest BCUT2D eigenvalue weighted by atomic mass is 10.5. The molecule has 0 spiro atoms. The second-order valence-corrected chi connectivity index (χ2v) is 1.73. The Morgan fingerprint density at radius 1 is 1.00 bits per heavy atom. The molecule has 0 saturated carbocycles. The maximum absolute atomic E-state index is 10.0. The summed E-state index contributed by atoms with van der Waals surface area (Å²) in [6, 6.07) is 0. The highest BCUT2D eigenvalue weighted by Gasteiger charge is 1.89. The van der Waals surface area contributed by atoms with E-state index in [9.17, 15) is 9.59 Å². The van der Waals surface area contributed by atoms with E-state index in [2.05, 4.69) is 20.9 Å². The van der Waals surface area contributed by atoms with Crippen LogP contribution in [-0.2, 0) is 9.47 Å². The van der Waals surface area contributed by atoms with Gasteiger partial charge in [-0.05, 0) is 12.2 Å². The average Bonchev–Trinajstić information content (AvgIpc) is 1.95. The molecule has 68 valence electrons. The molecule has 0 radical (unpaired) electrons. The molecule has 2 amide bonds. The van der Waals surface area contributed by atoms with Crippen molar-refractivity contribution >= 4 is 12.2 Å². The Kier molecular flexibility index (Phi) is 5.16. The SMILES string of the molecule is NC(=O)OCC=CCOC(N)=O. The van der Waals surface area contributed by atoms with Crippen LogP contribution in [0.15, 0.2) is 12.2 Å². The van der Waals surface area contributed by atoms with Gasteiger partial charge in [0.1, 0.15) is 13.2 Å². The van der Waals surface area contributed by atoms with Crippen LogP contribution in [0.2, 0.25) is 0 Å². The van der Waals surface area contributed by atoms with E-state index in [1.165, 1.54) is 12.2 Å². The van der Waals surface area contributed by atoms with E-state index in [0.717, 1.165) is 0 Å². The second-order valence-electron chi connectivity index (χ2n) is 1.73. The van der Waals surface area contributed by atoms with Crippen molar-refractivity contribution in [1.29, 1.82) is 0 Å². The fourth-order valence-corrected chi connectivity index (χ4v) is 0.397. The van der Waals surface area contributed by atoms with E-state index in [1.807, 2.05) is 0 Å². The maximum atomic E-state index is 10.0. The first-order valence-electron chi connectivity index (χ1n) is 3.12. The van der Waals surface area contributed by atoms with Crippen LogP contribution in [0.5, 0.6) is 0 Å². The summed E-state index contributed by atoms with van der Waals surface area (Å²) in [5.74, 6) is 0. The Balaban J connectivity index is 3.26. The molecule has 0 aliphatic carbocycles. The van der Waals surface area contributed by atoms with Crippen LogP contribution < -0.4 is 11.5 Å². The molecule has 0 aromatic carbocycles. The Bertz CT molecular complexity index is 170. The van der Waals surface area contributed by atoms with Gasteiger partial charge in [0, 0.05) is 0 Å². The molecule has 6 nitrogen and oxygen atoms in total. The zero-order valence-corrected chi connectivity index (χ0v) is 6.36. The minimum Gasteiger partial charge on any atom is -0.445 e. The fraction of sp³-hybridized carbons (Fsp3) is 0.333. The summed E-state index contributed by atoms with van der Waals surface area (Å²) in [6.45, 7) is 0.106.